The summed E-state index contributed by atoms with van der Waals surface area (Å²) < 4.78 is 43.8. The molecular formula is C15H19N3O5S2. The quantitative estimate of drug-likeness (QED) is 0.779. The minimum atomic E-state index is -3.62. The minimum Gasteiger partial charge on any atom is -0.494 e. The molecule has 1 N–H and O–H groups in total. The van der Waals surface area contributed by atoms with E-state index in [9.17, 15) is 8.42 Å². The average molecular weight is 385 g/mol. The van der Waals surface area contributed by atoms with Crippen molar-refractivity contribution in [3.05, 3.63) is 23.2 Å². The van der Waals surface area contributed by atoms with Gasteiger partial charge in [0.2, 0.25) is 0 Å². The summed E-state index contributed by atoms with van der Waals surface area (Å²) in [5.41, 5.74) is 0. The van der Waals surface area contributed by atoms with Crippen LogP contribution in [-0.2, 0) is 14.8 Å². The molecule has 0 unspecified atom stereocenters. The Morgan fingerprint density at radius 2 is 2.20 bits per heavy atom. The van der Waals surface area contributed by atoms with Crippen LogP contribution in [0, 0.1) is 0 Å². The Morgan fingerprint density at radius 1 is 1.36 bits per heavy atom. The number of nitrogens with one attached hydrogen (secondary N) is 1. The molecule has 8 nitrogen and oxygen atoms in total. The third kappa shape index (κ3) is 3.57. The molecule has 136 valence electrons. The third-order valence-corrected chi connectivity index (χ3v) is 7.21. The second-order valence-corrected chi connectivity index (χ2v) is 9.10. The predicted octanol–water partition coefficient (Wildman–Crippen LogP) is 2.22. The molecule has 10 heteroatoms. The first kappa shape index (κ1) is 17.0. The van der Waals surface area contributed by atoms with E-state index in [1.165, 1.54) is 7.11 Å². The molecule has 2 fully saturated rings. The van der Waals surface area contributed by atoms with Crippen LogP contribution >= 0.6 is 11.3 Å². The number of methoxy groups -OCH3 is 1. The highest BCUT2D eigenvalue weighted by atomic mass is 32.2. The fraction of sp³-hybridized carbons (Fsp3) is 0.600. The van der Waals surface area contributed by atoms with Crippen molar-refractivity contribution in [3.63, 3.8) is 0 Å². The van der Waals surface area contributed by atoms with Crippen LogP contribution in [0.3, 0.4) is 0 Å². The normalized spacial score (nSPS) is 23.9. The van der Waals surface area contributed by atoms with E-state index in [4.69, 9.17) is 14.0 Å². The Kier molecular flexibility index (Phi) is 4.52. The summed E-state index contributed by atoms with van der Waals surface area (Å²) in [6.45, 7) is 0.198. The lowest BCUT2D eigenvalue weighted by molar-refractivity contribution is 0.0290. The molecule has 0 spiro atoms. The summed E-state index contributed by atoms with van der Waals surface area (Å²) >= 11 is 1.12. The van der Waals surface area contributed by atoms with Crippen molar-refractivity contribution in [2.75, 3.05) is 13.7 Å². The molecule has 1 saturated carbocycles. The van der Waals surface area contributed by atoms with E-state index in [1.807, 2.05) is 0 Å². The van der Waals surface area contributed by atoms with Crippen LogP contribution in [0.5, 0.6) is 5.75 Å². The minimum absolute atomic E-state index is 0.176. The van der Waals surface area contributed by atoms with Crippen molar-refractivity contribution in [2.24, 2.45) is 0 Å². The van der Waals surface area contributed by atoms with Gasteiger partial charge in [-0.15, -0.1) is 11.3 Å². The second-order valence-electron chi connectivity index (χ2n) is 6.22. The van der Waals surface area contributed by atoms with Crippen LogP contribution in [0.1, 0.15) is 49.4 Å². The highest BCUT2D eigenvalue weighted by Crippen LogP contribution is 2.40. The van der Waals surface area contributed by atoms with Gasteiger partial charge in [0.25, 0.3) is 15.9 Å². The number of rotatable bonds is 7. The van der Waals surface area contributed by atoms with Gasteiger partial charge in [0.1, 0.15) is 11.9 Å². The molecule has 2 atom stereocenters. The number of hydrogen-bond acceptors (Lipinski definition) is 8. The lowest BCUT2D eigenvalue weighted by Crippen LogP contribution is -2.31. The SMILES string of the molecule is COc1ccsc1S(=O)(=O)NC[C@H]1CC[C@@H](c2nc(C3CC3)no2)O1. The number of hydrogen-bond donors (Lipinski definition) is 1. The fourth-order valence-electron chi connectivity index (χ4n) is 2.82. The van der Waals surface area contributed by atoms with E-state index in [2.05, 4.69) is 14.9 Å². The van der Waals surface area contributed by atoms with Gasteiger partial charge < -0.3 is 14.0 Å². The van der Waals surface area contributed by atoms with Crippen molar-refractivity contribution in [1.82, 2.24) is 14.9 Å². The van der Waals surface area contributed by atoms with Gasteiger partial charge in [-0.05, 0) is 37.1 Å². The van der Waals surface area contributed by atoms with Gasteiger partial charge in [-0.25, -0.2) is 13.1 Å². The van der Waals surface area contributed by atoms with Gasteiger partial charge in [0.05, 0.1) is 13.2 Å². The van der Waals surface area contributed by atoms with Crippen LogP contribution in [0.2, 0.25) is 0 Å². The standard InChI is InChI=1S/C15H19N3O5S2/c1-21-12-6-7-24-15(12)25(19,20)16-8-10-4-5-11(22-10)14-17-13(18-23-14)9-2-3-9/h6-7,9-11,16H,2-5,8H2,1H3/t10-,11+/m1/s1. The highest BCUT2D eigenvalue weighted by Gasteiger charge is 2.34. The number of ether oxygens (including phenoxy) is 2. The Hall–Kier alpha value is -1.49. The topological polar surface area (TPSA) is 104 Å². The van der Waals surface area contributed by atoms with Gasteiger partial charge in [-0.3, -0.25) is 0 Å². The van der Waals surface area contributed by atoms with Gasteiger partial charge in [0.15, 0.2) is 10.0 Å². The molecular weight excluding hydrogens is 366 g/mol. The first-order chi connectivity index (χ1) is 12.1. The largest absolute Gasteiger partial charge is 0.494 e. The van der Waals surface area contributed by atoms with E-state index < -0.39 is 10.0 Å². The average Bonchev–Trinajstić information content (AvgIpc) is 3.06. The van der Waals surface area contributed by atoms with Gasteiger partial charge >= 0.3 is 0 Å². The van der Waals surface area contributed by atoms with Crippen LogP contribution in [0.15, 0.2) is 20.2 Å². The molecule has 0 aromatic carbocycles. The fourth-order valence-corrected chi connectivity index (χ4v) is 5.21. The molecule has 4 rings (SSSR count). The molecule has 1 aliphatic heterocycles. The maximum atomic E-state index is 12.4. The number of nitrogens with zero attached hydrogens (tertiary/aromatic N) is 2. The lowest BCUT2D eigenvalue weighted by atomic mass is 10.2. The van der Waals surface area contributed by atoms with Crippen molar-refractivity contribution in [3.8, 4) is 5.75 Å². The summed E-state index contributed by atoms with van der Waals surface area (Å²) in [6.07, 6.45) is 3.21. The van der Waals surface area contributed by atoms with E-state index >= 15 is 0 Å². The molecule has 2 aromatic rings. The van der Waals surface area contributed by atoms with E-state index in [0.717, 1.165) is 42.8 Å². The van der Waals surface area contributed by atoms with Gasteiger partial charge in [-0.1, -0.05) is 5.16 Å². The zero-order valence-electron chi connectivity index (χ0n) is 13.7. The Bertz CT molecular complexity index is 843. The van der Waals surface area contributed by atoms with Crippen LogP contribution < -0.4 is 9.46 Å². The van der Waals surface area contributed by atoms with Crippen LogP contribution in [0.25, 0.3) is 0 Å². The maximum Gasteiger partial charge on any atom is 0.255 e. The first-order valence-corrected chi connectivity index (χ1v) is 10.5. The molecule has 0 amide bonds. The molecule has 3 heterocycles. The molecule has 1 saturated heterocycles. The number of sulfonamides is 1. The summed E-state index contributed by atoms with van der Waals surface area (Å²) in [5.74, 6) is 2.03. The maximum absolute atomic E-state index is 12.4. The van der Waals surface area contributed by atoms with Gasteiger partial charge in [0, 0.05) is 12.5 Å². The molecule has 25 heavy (non-hydrogen) atoms. The third-order valence-electron chi connectivity index (χ3n) is 4.34. The van der Waals surface area contributed by atoms with Crippen molar-refractivity contribution in [2.45, 2.75) is 48.0 Å². The number of thiophene rings is 1. The van der Waals surface area contributed by atoms with Crippen molar-refractivity contribution < 1.29 is 22.4 Å². The predicted molar refractivity (Wildman–Crippen MR) is 89.2 cm³/mol. The van der Waals surface area contributed by atoms with Crippen LogP contribution in [-0.4, -0.2) is 38.3 Å². The zero-order valence-corrected chi connectivity index (χ0v) is 15.3. The summed E-state index contributed by atoms with van der Waals surface area (Å²) in [5, 5.41) is 5.68. The van der Waals surface area contributed by atoms with Crippen molar-refractivity contribution >= 4 is 21.4 Å². The Morgan fingerprint density at radius 3 is 2.96 bits per heavy atom. The van der Waals surface area contributed by atoms with Crippen molar-refractivity contribution in [1.29, 1.82) is 0 Å². The molecule has 2 aromatic heterocycles. The summed E-state index contributed by atoms with van der Waals surface area (Å²) in [6, 6.07) is 1.63. The second kappa shape index (κ2) is 6.67. The smallest absolute Gasteiger partial charge is 0.255 e. The van der Waals surface area contributed by atoms with Gasteiger partial charge in [-0.2, -0.15) is 4.98 Å². The Balaban J connectivity index is 1.34. The highest BCUT2D eigenvalue weighted by molar-refractivity contribution is 7.91. The monoisotopic (exact) mass is 385 g/mol. The summed E-state index contributed by atoms with van der Waals surface area (Å²) in [7, 11) is -2.17. The molecule has 1 aliphatic carbocycles. The summed E-state index contributed by atoms with van der Waals surface area (Å²) in [4.78, 5) is 4.40. The molecule has 0 bridgehead atoms. The first-order valence-electron chi connectivity index (χ1n) is 8.17. The van der Waals surface area contributed by atoms with Crippen LogP contribution in [0.4, 0.5) is 0 Å². The van der Waals surface area contributed by atoms with E-state index in [1.54, 1.807) is 11.4 Å². The number of aromatic nitrogens is 2. The Labute approximate surface area is 149 Å². The zero-order chi connectivity index (χ0) is 17.4. The van der Waals surface area contributed by atoms with E-state index in [0.29, 0.717) is 17.6 Å². The van der Waals surface area contributed by atoms with E-state index in [-0.39, 0.29) is 23.0 Å². The lowest BCUT2D eigenvalue weighted by Gasteiger charge is -2.12. The molecule has 0 radical (unpaired) electrons. The molecule has 2 aliphatic rings.